The minimum absolute atomic E-state index is 0.0107. The fourth-order valence-corrected chi connectivity index (χ4v) is 2.75. The molecule has 1 heterocycles. The number of nitrogens with zero attached hydrogens (tertiary/aromatic N) is 1. The summed E-state index contributed by atoms with van der Waals surface area (Å²) in [6.45, 7) is 3.31. The third-order valence-corrected chi connectivity index (χ3v) is 4.21. The van der Waals surface area contributed by atoms with Gasteiger partial charge in [0.15, 0.2) is 5.78 Å². The molecule has 1 aliphatic heterocycles. The van der Waals surface area contributed by atoms with Gasteiger partial charge in [0.1, 0.15) is 5.82 Å². The highest BCUT2D eigenvalue weighted by molar-refractivity contribution is 5.96. The van der Waals surface area contributed by atoms with Crippen LogP contribution >= 0.6 is 0 Å². The van der Waals surface area contributed by atoms with Crippen molar-refractivity contribution in [2.75, 3.05) is 13.1 Å². The summed E-state index contributed by atoms with van der Waals surface area (Å²) in [7, 11) is 0. The van der Waals surface area contributed by atoms with Crippen molar-refractivity contribution in [3.63, 3.8) is 0 Å². The van der Waals surface area contributed by atoms with E-state index in [0.717, 1.165) is 12.8 Å². The van der Waals surface area contributed by atoms with E-state index in [1.54, 1.807) is 0 Å². The van der Waals surface area contributed by atoms with Gasteiger partial charge in [0.2, 0.25) is 5.91 Å². The average Bonchev–Trinajstić information content (AvgIpc) is 2.46. The van der Waals surface area contributed by atoms with Crippen LogP contribution in [-0.2, 0) is 4.79 Å². The molecular weight excluding hydrogens is 271 g/mol. The standard InChI is InChI=1S/C16H21FN2O2/c1-11-2-3-13(16(18)21)10-19(11)9-8-15(20)12-4-6-14(17)7-5-12/h4-7,11,13H,2-3,8-10H2,1H3,(H2,18,21). The molecule has 1 aromatic carbocycles. The molecule has 0 spiro atoms. The normalized spacial score (nSPS) is 23.0. The van der Waals surface area contributed by atoms with Gasteiger partial charge in [-0.3, -0.25) is 14.5 Å². The van der Waals surface area contributed by atoms with Gasteiger partial charge in [-0.15, -0.1) is 0 Å². The number of piperidine rings is 1. The topological polar surface area (TPSA) is 63.4 Å². The molecule has 1 amide bonds. The van der Waals surface area contributed by atoms with Crippen LogP contribution < -0.4 is 5.73 Å². The quantitative estimate of drug-likeness (QED) is 0.844. The zero-order valence-electron chi connectivity index (χ0n) is 12.2. The number of primary amides is 1. The summed E-state index contributed by atoms with van der Waals surface area (Å²) < 4.78 is 12.8. The van der Waals surface area contributed by atoms with Gasteiger partial charge < -0.3 is 5.73 Å². The lowest BCUT2D eigenvalue weighted by Gasteiger charge is -2.36. The molecule has 1 saturated heterocycles. The first-order valence-electron chi connectivity index (χ1n) is 7.29. The van der Waals surface area contributed by atoms with Crippen molar-refractivity contribution in [3.05, 3.63) is 35.6 Å². The molecule has 0 aliphatic carbocycles. The maximum atomic E-state index is 12.8. The molecule has 1 fully saturated rings. The first kappa shape index (κ1) is 15.6. The third-order valence-electron chi connectivity index (χ3n) is 4.21. The van der Waals surface area contributed by atoms with Crippen LogP contribution in [-0.4, -0.2) is 35.7 Å². The molecular formula is C16H21FN2O2. The molecule has 2 N–H and O–H groups in total. The summed E-state index contributed by atoms with van der Waals surface area (Å²) in [4.78, 5) is 25.5. The lowest BCUT2D eigenvalue weighted by Crippen LogP contribution is -2.46. The summed E-state index contributed by atoms with van der Waals surface area (Å²) in [5, 5.41) is 0. The van der Waals surface area contributed by atoms with Gasteiger partial charge >= 0.3 is 0 Å². The van der Waals surface area contributed by atoms with E-state index in [-0.39, 0.29) is 23.4 Å². The van der Waals surface area contributed by atoms with E-state index in [4.69, 9.17) is 5.73 Å². The molecule has 0 radical (unpaired) electrons. The van der Waals surface area contributed by atoms with Crippen LogP contribution in [0.4, 0.5) is 4.39 Å². The van der Waals surface area contributed by atoms with Crippen molar-refractivity contribution in [3.8, 4) is 0 Å². The Hall–Kier alpha value is -1.75. The van der Waals surface area contributed by atoms with Crippen LogP contribution in [0.5, 0.6) is 0 Å². The van der Waals surface area contributed by atoms with Gasteiger partial charge in [-0.25, -0.2) is 4.39 Å². The highest BCUT2D eigenvalue weighted by Crippen LogP contribution is 2.22. The first-order valence-corrected chi connectivity index (χ1v) is 7.29. The number of hydrogen-bond acceptors (Lipinski definition) is 3. The minimum Gasteiger partial charge on any atom is -0.369 e. The van der Waals surface area contributed by atoms with Gasteiger partial charge in [0, 0.05) is 31.1 Å². The predicted molar refractivity (Wildman–Crippen MR) is 78.3 cm³/mol. The van der Waals surface area contributed by atoms with Crippen molar-refractivity contribution >= 4 is 11.7 Å². The van der Waals surface area contributed by atoms with Crippen molar-refractivity contribution in [1.29, 1.82) is 0 Å². The smallest absolute Gasteiger partial charge is 0.221 e. The highest BCUT2D eigenvalue weighted by Gasteiger charge is 2.28. The number of carbonyl (C=O) groups excluding carboxylic acids is 2. The van der Waals surface area contributed by atoms with Gasteiger partial charge in [-0.05, 0) is 44.0 Å². The molecule has 2 unspecified atom stereocenters. The van der Waals surface area contributed by atoms with Gasteiger partial charge in [0.25, 0.3) is 0 Å². The van der Waals surface area contributed by atoms with Gasteiger partial charge in [-0.1, -0.05) is 0 Å². The summed E-state index contributed by atoms with van der Waals surface area (Å²) >= 11 is 0. The van der Waals surface area contributed by atoms with E-state index in [1.165, 1.54) is 24.3 Å². The largest absolute Gasteiger partial charge is 0.369 e. The van der Waals surface area contributed by atoms with E-state index < -0.39 is 0 Å². The number of Topliss-reactive ketones (excluding diaryl/α,β-unsaturated/α-hetero) is 1. The minimum atomic E-state index is -0.347. The van der Waals surface area contributed by atoms with Crippen LogP contribution in [0, 0.1) is 11.7 Å². The monoisotopic (exact) mass is 292 g/mol. The lowest BCUT2D eigenvalue weighted by atomic mass is 9.92. The fourth-order valence-electron chi connectivity index (χ4n) is 2.75. The Morgan fingerprint density at radius 2 is 1.95 bits per heavy atom. The van der Waals surface area contributed by atoms with Gasteiger partial charge in [0.05, 0.1) is 5.92 Å². The molecule has 1 aliphatic rings. The molecule has 1 aromatic rings. The van der Waals surface area contributed by atoms with Crippen LogP contribution in [0.25, 0.3) is 0 Å². The molecule has 4 nitrogen and oxygen atoms in total. The Balaban J connectivity index is 1.90. The van der Waals surface area contributed by atoms with Crippen LogP contribution in [0.1, 0.15) is 36.5 Å². The van der Waals surface area contributed by atoms with E-state index >= 15 is 0 Å². The number of likely N-dealkylation sites (tertiary alicyclic amines) is 1. The summed E-state index contributed by atoms with van der Waals surface area (Å²) in [5.41, 5.74) is 5.89. The molecule has 0 saturated carbocycles. The Morgan fingerprint density at radius 1 is 1.29 bits per heavy atom. The SMILES string of the molecule is CC1CCC(C(N)=O)CN1CCC(=O)c1ccc(F)cc1. The maximum Gasteiger partial charge on any atom is 0.221 e. The molecule has 5 heteroatoms. The maximum absolute atomic E-state index is 12.8. The van der Waals surface area contributed by atoms with E-state index in [1.807, 2.05) is 0 Å². The number of amides is 1. The van der Waals surface area contributed by atoms with Crippen molar-refractivity contribution < 1.29 is 14.0 Å². The Kier molecular flexibility index (Phi) is 5.07. The predicted octanol–water partition coefficient (Wildman–Crippen LogP) is 1.98. The molecule has 2 rings (SSSR count). The van der Waals surface area contributed by atoms with E-state index in [2.05, 4.69) is 11.8 Å². The second-order valence-electron chi connectivity index (χ2n) is 5.70. The second kappa shape index (κ2) is 6.80. The summed E-state index contributed by atoms with van der Waals surface area (Å²) in [6.07, 6.45) is 2.10. The average molecular weight is 292 g/mol. The zero-order valence-corrected chi connectivity index (χ0v) is 12.2. The summed E-state index contributed by atoms with van der Waals surface area (Å²) in [6, 6.07) is 5.94. The number of hydrogen-bond donors (Lipinski definition) is 1. The zero-order chi connectivity index (χ0) is 15.4. The van der Waals surface area contributed by atoms with Crippen LogP contribution in [0.15, 0.2) is 24.3 Å². The molecule has 114 valence electrons. The molecule has 2 atom stereocenters. The lowest BCUT2D eigenvalue weighted by molar-refractivity contribution is -0.123. The number of benzene rings is 1. The molecule has 0 bridgehead atoms. The van der Waals surface area contributed by atoms with Crippen molar-refractivity contribution in [2.24, 2.45) is 11.7 Å². The van der Waals surface area contributed by atoms with Crippen molar-refractivity contribution in [2.45, 2.75) is 32.2 Å². The van der Waals surface area contributed by atoms with Crippen molar-refractivity contribution in [1.82, 2.24) is 4.90 Å². The number of nitrogens with two attached hydrogens (primary N) is 1. The number of carbonyl (C=O) groups is 2. The Morgan fingerprint density at radius 3 is 2.57 bits per heavy atom. The Labute approximate surface area is 124 Å². The van der Waals surface area contributed by atoms with Crippen LogP contribution in [0.2, 0.25) is 0 Å². The molecule has 21 heavy (non-hydrogen) atoms. The third kappa shape index (κ3) is 4.11. The van der Waals surface area contributed by atoms with E-state index in [0.29, 0.717) is 31.1 Å². The van der Waals surface area contributed by atoms with Crippen LogP contribution in [0.3, 0.4) is 0 Å². The van der Waals surface area contributed by atoms with Gasteiger partial charge in [-0.2, -0.15) is 0 Å². The summed E-state index contributed by atoms with van der Waals surface area (Å²) in [5.74, 6) is -0.747. The fraction of sp³-hybridized carbons (Fsp3) is 0.500. The molecule has 0 aromatic heterocycles. The number of halogens is 1. The van der Waals surface area contributed by atoms with E-state index in [9.17, 15) is 14.0 Å². The second-order valence-corrected chi connectivity index (χ2v) is 5.70. The Bertz CT molecular complexity index is 516. The number of ketones is 1. The number of rotatable bonds is 5. The highest BCUT2D eigenvalue weighted by atomic mass is 19.1. The first-order chi connectivity index (χ1) is 9.97.